The molecule has 0 aromatic heterocycles. The number of Topliss-reactive ketones (excluding diaryl/α,β-unsaturated/α-hetero) is 1. The van der Waals surface area contributed by atoms with Gasteiger partial charge in [-0.1, -0.05) is 105 Å². The summed E-state index contributed by atoms with van der Waals surface area (Å²) >= 11 is 12.6. The van der Waals surface area contributed by atoms with E-state index in [9.17, 15) is 14.7 Å². The zero-order chi connectivity index (χ0) is 28.1. The maximum Gasteiger partial charge on any atom is 0.300 e. The molecule has 198 valence electrons. The van der Waals surface area contributed by atoms with Crippen molar-refractivity contribution < 1.29 is 19.4 Å². The SMILES string of the molecule is COc1c(Cl)cc(Cl)cc1/C(O)=C1\C(=O)C(=O)N(c2cccc3ccccc23)C1c1ccc(C(C)(C)C)cc1. The van der Waals surface area contributed by atoms with Gasteiger partial charge >= 0.3 is 0 Å². The van der Waals surface area contributed by atoms with Crippen molar-refractivity contribution in [3.63, 3.8) is 0 Å². The van der Waals surface area contributed by atoms with E-state index < -0.39 is 23.5 Å². The first kappa shape index (κ1) is 26.8. The second kappa shape index (κ2) is 10.1. The summed E-state index contributed by atoms with van der Waals surface area (Å²) in [7, 11) is 1.41. The number of amides is 1. The predicted molar refractivity (Wildman–Crippen MR) is 157 cm³/mol. The summed E-state index contributed by atoms with van der Waals surface area (Å²) < 4.78 is 5.44. The Bertz CT molecular complexity index is 1650. The van der Waals surface area contributed by atoms with Crippen molar-refractivity contribution in [2.24, 2.45) is 0 Å². The van der Waals surface area contributed by atoms with Gasteiger partial charge < -0.3 is 9.84 Å². The van der Waals surface area contributed by atoms with Gasteiger partial charge in [-0.2, -0.15) is 0 Å². The number of hydrogen-bond donors (Lipinski definition) is 1. The van der Waals surface area contributed by atoms with Crippen molar-refractivity contribution in [1.29, 1.82) is 0 Å². The molecule has 1 fully saturated rings. The molecule has 1 aliphatic rings. The van der Waals surface area contributed by atoms with E-state index in [1.54, 1.807) is 6.07 Å². The minimum atomic E-state index is -0.910. The number of rotatable bonds is 4. The van der Waals surface area contributed by atoms with E-state index in [0.29, 0.717) is 11.3 Å². The van der Waals surface area contributed by atoms with Gasteiger partial charge in [0.05, 0.1) is 35.0 Å². The van der Waals surface area contributed by atoms with Crippen LogP contribution in [0.3, 0.4) is 0 Å². The number of halogens is 2. The van der Waals surface area contributed by atoms with Gasteiger partial charge in [0.1, 0.15) is 11.5 Å². The Balaban J connectivity index is 1.80. The lowest BCUT2D eigenvalue weighted by molar-refractivity contribution is -0.132. The molecule has 5 rings (SSSR count). The highest BCUT2D eigenvalue weighted by Gasteiger charge is 2.47. The number of carbonyl (C=O) groups excluding carboxylic acids is 2. The summed E-state index contributed by atoms with van der Waals surface area (Å²) in [5.74, 6) is -1.83. The Morgan fingerprint density at radius 2 is 1.59 bits per heavy atom. The maximum absolute atomic E-state index is 13.7. The first-order chi connectivity index (χ1) is 18.5. The summed E-state index contributed by atoms with van der Waals surface area (Å²) in [5.41, 5.74) is 2.28. The van der Waals surface area contributed by atoms with E-state index >= 15 is 0 Å². The molecule has 1 atom stereocenters. The van der Waals surface area contributed by atoms with Gasteiger partial charge in [0.25, 0.3) is 11.7 Å². The molecule has 1 heterocycles. The van der Waals surface area contributed by atoms with E-state index in [1.807, 2.05) is 60.7 Å². The first-order valence-corrected chi connectivity index (χ1v) is 13.2. The lowest BCUT2D eigenvalue weighted by atomic mass is 9.85. The van der Waals surface area contributed by atoms with Crippen LogP contribution in [0.15, 0.2) is 84.4 Å². The molecule has 1 unspecified atom stereocenters. The van der Waals surface area contributed by atoms with E-state index in [-0.39, 0.29) is 32.3 Å². The van der Waals surface area contributed by atoms with E-state index in [4.69, 9.17) is 27.9 Å². The first-order valence-electron chi connectivity index (χ1n) is 12.5. The Morgan fingerprint density at radius 3 is 2.26 bits per heavy atom. The molecule has 1 amide bonds. The largest absolute Gasteiger partial charge is 0.507 e. The molecule has 1 aliphatic heterocycles. The molecule has 4 aromatic rings. The van der Waals surface area contributed by atoms with Crippen LogP contribution in [0.2, 0.25) is 10.0 Å². The highest BCUT2D eigenvalue weighted by molar-refractivity contribution is 6.52. The van der Waals surface area contributed by atoms with Gasteiger partial charge in [0.2, 0.25) is 0 Å². The van der Waals surface area contributed by atoms with E-state index in [0.717, 1.165) is 16.3 Å². The molecule has 0 radical (unpaired) electrons. The Kier molecular flexibility index (Phi) is 6.91. The topological polar surface area (TPSA) is 66.8 Å². The second-order valence-corrected chi connectivity index (χ2v) is 11.4. The van der Waals surface area contributed by atoms with Crippen LogP contribution in [-0.2, 0) is 15.0 Å². The Labute approximate surface area is 237 Å². The molecule has 0 aliphatic carbocycles. The molecule has 5 nitrogen and oxygen atoms in total. The highest BCUT2D eigenvalue weighted by atomic mass is 35.5. The lowest BCUT2D eigenvalue weighted by Gasteiger charge is -2.27. The van der Waals surface area contributed by atoms with Gasteiger partial charge in [0.15, 0.2) is 0 Å². The summed E-state index contributed by atoms with van der Waals surface area (Å²) in [5, 5.41) is 13.8. The average molecular weight is 560 g/mol. The molecule has 4 aromatic carbocycles. The summed E-state index contributed by atoms with van der Waals surface area (Å²) in [6.07, 6.45) is 0. The molecule has 0 bridgehead atoms. The molecule has 0 spiro atoms. The van der Waals surface area contributed by atoms with E-state index in [1.165, 1.54) is 24.1 Å². The van der Waals surface area contributed by atoms with Crippen LogP contribution in [-0.4, -0.2) is 23.9 Å². The number of ketones is 1. The monoisotopic (exact) mass is 559 g/mol. The van der Waals surface area contributed by atoms with Crippen LogP contribution in [0.25, 0.3) is 16.5 Å². The number of ether oxygens (including phenoxy) is 1. The minimum absolute atomic E-state index is 0.0759. The number of nitrogens with zero attached hydrogens (tertiary/aromatic N) is 1. The Hall–Kier alpha value is -3.80. The third-order valence-corrected chi connectivity index (χ3v) is 7.53. The summed E-state index contributed by atoms with van der Waals surface area (Å²) in [4.78, 5) is 28.9. The number of hydrogen-bond acceptors (Lipinski definition) is 4. The van der Waals surface area contributed by atoms with Crippen LogP contribution >= 0.6 is 23.2 Å². The fourth-order valence-electron chi connectivity index (χ4n) is 5.07. The van der Waals surface area contributed by atoms with Crippen LogP contribution in [0.1, 0.15) is 43.5 Å². The van der Waals surface area contributed by atoms with Crippen molar-refractivity contribution in [2.75, 3.05) is 12.0 Å². The molecule has 1 saturated heterocycles. The fourth-order valence-corrected chi connectivity index (χ4v) is 5.64. The smallest absolute Gasteiger partial charge is 0.300 e. The molecular weight excluding hydrogens is 533 g/mol. The number of anilines is 1. The number of carbonyl (C=O) groups is 2. The third-order valence-electron chi connectivity index (χ3n) is 7.03. The summed E-state index contributed by atoms with van der Waals surface area (Å²) in [6, 6.07) is 23.0. The van der Waals surface area contributed by atoms with E-state index in [2.05, 4.69) is 20.8 Å². The van der Waals surface area contributed by atoms with Gasteiger partial charge in [-0.25, -0.2) is 0 Å². The predicted octanol–water partition coefficient (Wildman–Crippen LogP) is 8.08. The van der Waals surface area contributed by atoms with Gasteiger partial charge in [-0.15, -0.1) is 0 Å². The van der Waals surface area contributed by atoms with Crippen LogP contribution in [0.5, 0.6) is 5.75 Å². The number of methoxy groups -OCH3 is 1. The average Bonchev–Trinajstić information content (AvgIpc) is 3.17. The second-order valence-electron chi connectivity index (χ2n) is 10.5. The normalized spacial score (nSPS) is 17.2. The lowest BCUT2D eigenvalue weighted by Crippen LogP contribution is -2.29. The standard InChI is InChI=1S/C32H27Cl2NO4/c1-32(2,3)20-14-12-19(13-15-20)27-26(28(36)23-16-21(33)17-24(34)30(23)39-4)29(37)31(38)35(27)25-11-7-9-18-8-5-6-10-22(18)25/h5-17,27,36H,1-4H3/b28-26+. The van der Waals surface area contributed by atoms with Crippen LogP contribution in [0.4, 0.5) is 5.69 Å². The number of aliphatic hydroxyl groups is 1. The third kappa shape index (κ3) is 4.66. The fraction of sp³-hybridized carbons (Fsp3) is 0.188. The minimum Gasteiger partial charge on any atom is -0.507 e. The highest BCUT2D eigenvalue weighted by Crippen LogP contribution is 2.46. The number of fused-ring (bicyclic) bond motifs is 1. The van der Waals surface area contributed by atoms with Gasteiger partial charge in [-0.3, -0.25) is 14.5 Å². The van der Waals surface area contributed by atoms with Crippen molar-refractivity contribution in [1.82, 2.24) is 0 Å². The molecule has 39 heavy (non-hydrogen) atoms. The quantitative estimate of drug-likeness (QED) is 0.156. The number of aliphatic hydroxyl groups excluding tert-OH is 1. The van der Waals surface area contributed by atoms with Crippen molar-refractivity contribution >= 4 is 57.1 Å². The van der Waals surface area contributed by atoms with Crippen LogP contribution in [0, 0.1) is 0 Å². The zero-order valence-electron chi connectivity index (χ0n) is 22.0. The molecular formula is C32H27Cl2NO4. The molecule has 0 saturated carbocycles. The van der Waals surface area contributed by atoms with Gasteiger partial charge in [-0.05, 0) is 40.1 Å². The van der Waals surface area contributed by atoms with Gasteiger partial charge in [0, 0.05) is 10.4 Å². The Morgan fingerprint density at radius 1 is 0.923 bits per heavy atom. The van der Waals surface area contributed by atoms with Crippen LogP contribution < -0.4 is 9.64 Å². The number of benzene rings is 4. The molecule has 7 heteroatoms. The maximum atomic E-state index is 13.7. The zero-order valence-corrected chi connectivity index (χ0v) is 23.5. The van der Waals surface area contributed by atoms with Crippen molar-refractivity contribution in [2.45, 2.75) is 32.2 Å². The van der Waals surface area contributed by atoms with Crippen molar-refractivity contribution in [3.05, 3.63) is 111 Å². The molecule has 1 N–H and O–H groups in total. The van der Waals surface area contributed by atoms with Crippen molar-refractivity contribution in [3.8, 4) is 5.75 Å². The summed E-state index contributed by atoms with van der Waals surface area (Å²) in [6.45, 7) is 6.33.